The molecule has 0 unspecified atom stereocenters. The van der Waals surface area contributed by atoms with Gasteiger partial charge in [0.2, 0.25) is 5.16 Å². The van der Waals surface area contributed by atoms with Gasteiger partial charge in [0.1, 0.15) is 16.5 Å². The Balaban J connectivity index is 1.44. The molecule has 30 heavy (non-hydrogen) atoms. The molecule has 7 nitrogen and oxygen atoms in total. The highest BCUT2D eigenvalue weighted by Gasteiger charge is 2.20. The van der Waals surface area contributed by atoms with Crippen LogP contribution in [0.25, 0.3) is 15.9 Å². The van der Waals surface area contributed by atoms with E-state index in [-0.39, 0.29) is 0 Å². The van der Waals surface area contributed by atoms with Crippen molar-refractivity contribution in [2.24, 2.45) is 0 Å². The molecule has 0 radical (unpaired) electrons. The Morgan fingerprint density at radius 2 is 1.90 bits per heavy atom. The van der Waals surface area contributed by atoms with Crippen molar-refractivity contribution in [3.8, 4) is 5.69 Å². The smallest absolute Gasteiger partial charge is 0.214 e. The van der Waals surface area contributed by atoms with E-state index in [0.717, 1.165) is 50.9 Å². The van der Waals surface area contributed by atoms with Crippen molar-refractivity contribution in [3.05, 3.63) is 45.6 Å². The van der Waals surface area contributed by atoms with Crippen LogP contribution in [-0.4, -0.2) is 30.2 Å². The van der Waals surface area contributed by atoms with Crippen molar-refractivity contribution >= 4 is 39.1 Å². The molecular formula is C21H23N7S2. The number of thioether (sulfide) groups is 1. The maximum Gasteiger partial charge on any atom is 0.214 e. The highest BCUT2D eigenvalue weighted by Crippen LogP contribution is 2.37. The van der Waals surface area contributed by atoms with Crippen molar-refractivity contribution in [2.45, 2.75) is 56.9 Å². The summed E-state index contributed by atoms with van der Waals surface area (Å²) >= 11 is 3.31. The first-order valence-electron chi connectivity index (χ1n) is 10.2. The molecule has 1 aromatic carbocycles. The molecule has 0 saturated carbocycles. The summed E-state index contributed by atoms with van der Waals surface area (Å²) in [7, 11) is 0. The van der Waals surface area contributed by atoms with Crippen LogP contribution in [-0.2, 0) is 18.6 Å². The first-order chi connectivity index (χ1) is 14.6. The molecule has 5 rings (SSSR count). The number of hydrogen-bond donors (Lipinski definition) is 1. The van der Waals surface area contributed by atoms with E-state index in [2.05, 4.69) is 46.5 Å². The van der Waals surface area contributed by atoms with Gasteiger partial charge in [0.25, 0.3) is 0 Å². The van der Waals surface area contributed by atoms with Gasteiger partial charge in [-0.05, 0) is 66.6 Å². The Kier molecular flexibility index (Phi) is 5.16. The minimum Gasteiger partial charge on any atom is -0.383 e. The van der Waals surface area contributed by atoms with E-state index in [1.807, 2.05) is 6.07 Å². The van der Waals surface area contributed by atoms with Gasteiger partial charge >= 0.3 is 0 Å². The van der Waals surface area contributed by atoms with Crippen LogP contribution >= 0.6 is 23.1 Å². The largest absolute Gasteiger partial charge is 0.383 e. The lowest BCUT2D eigenvalue weighted by Crippen LogP contribution is -2.05. The topological polar surface area (TPSA) is 95.4 Å². The standard InChI is InChI=1S/C21H23N7S2/c1-12-7-6-8-13(2)18(12)28-21(25-26-27-28)29-11-16-23-19(22)17-14-9-4-3-5-10-15(14)30-20(17)24-16/h6-8H,3-5,9-11H2,1-2H3,(H2,22,23,24). The second kappa shape index (κ2) is 7.96. The van der Waals surface area contributed by atoms with E-state index in [9.17, 15) is 0 Å². The van der Waals surface area contributed by atoms with Crippen molar-refractivity contribution < 1.29 is 0 Å². The zero-order chi connectivity index (χ0) is 20.7. The number of thiophene rings is 1. The number of para-hydroxylation sites is 1. The predicted octanol–water partition coefficient (Wildman–Crippen LogP) is 4.43. The van der Waals surface area contributed by atoms with E-state index >= 15 is 0 Å². The van der Waals surface area contributed by atoms with Gasteiger partial charge in [-0.3, -0.25) is 0 Å². The van der Waals surface area contributed by atoms with Crippen LogP contribution in [0.3, 0.4) is 0 Å². The zero-order valence-electron chi connectivity index (χ0n) is 17.1. The number of benzene rings is 1. The highest BCUT2D eigenvalue weighted by molar-refractivity contribution is 7.98. The van der Waals surface area contributed by atoms with Crippen LogP contribution in [0.15, 0.2) is 23.4 Å². The summed E-state index contributed by atoms with van der Waals surface area (Å²) in [5.74, 6) is 1.88. The lowest BCUT2D eigenvalue weighted by Gasteiger charge is -2.10. The molecule has 154 valence electrons. The number of hydrogen-bond acceptors (Lipinski definition) is 8. The van der Waals surface area contributed by atoms with E-state index in [4.69, 9.17) is 10.7 Å². The predicted molar refractivity (Wildman–Crippen MR) is 121 cm³/mol. The van der Waals surface area contributed by atoms with Crippen molar-refractivity contribution in [1.82, 2.24) is 30.2 Å². The number of fused-ring (bicyclic) bond motifs is 3. The first-order valence-corrected chi connectivity index (χ1v) is 12.0. The summed E-state index contributed by atoms with van der Waals surface area (Å²) in [6.07, 6.45) is 5.97. The maximum absolute atomic E-state index is 6.39. The Hall–Kier alpha value is -2.52. The SMILES string of the molecule is Cc1cccc(C)c1-n1nnnc1SCc1nc(N)c2c3c(sc2n1)CCCCC3. The Bertz CT molecular complexity index is 1210. The Morgan fingerprint density at radius 1 is 1.10 bits per heavy atom. The van der Waals surface area contributed by atoms with Gasteiger partial charge in [-0.15, -0.1) is 16.4 Å². The van der Waals surface area contributed by atoms with Crippen LogP contribution in [0.5, 0.6) is 0 Å². The van der Waals surface area contributed by atoms with Crippen LogP contribution in [0.2, 0.25) is 0 Å². The Morgan fingerprint density at radius 3 is 2.73 bits per heavy atom. The summed E-state index contributed by atoms with van der Waals surface area (Å²) in [6.45, 7) is 4.13. The molecule has 3 heterocycles. The molecule has 4 aromatic rings. The van der Waals surface area contributed by atoms with E-state index in [0.29, 0.717) is 11.6 Å². The lowest BCUT2D eigenvalue weighted by atomic mass is 10.1. The number of rotatable bonds is 4. The number of aromatic nitrogens is 6. The number of nitrogen functional groups attached to an aromatic ring is 1. The van der Waals surface area contributed by atoms with Gasteiger partial charge in [-0.25, -0.2) is 9.97 Å². The average Bonchev–Trinajstić information content (AvgIpc) is 3.24. The zero-order valence-corrected chi connectivity index (χ0v) is 18.7. The number of nitrogens with zero attached hydrogens (tertiary/aromatic N) is 6. The summed E-state index contributed by atoms with van der Waals surface area (Å²) in [4.78, 5) is 11.9. The molecule has 0 bridgehead atoms. The molecule has 0 spiro atoms. The van der Waals surface area contributed by atoms with Gasteiger partial charge in [0, 0.05) is 4.88 Å². The molecule has 3 aromatic heterocycles. The van der Waals surface area contributed by atoms with Gasteiger partial charge < -0.3 is 5.73 Å². The third kappa shape index (κ3) is 3.45. The van der Waals surface area contributed by atoms with Crippen LogP contribution in [0.1, 0.15) is 46.7 Å². The molecule has 0 aliphatic heterocycles. The molecule has 0 amide bonds. The molecule has 0 fully saturated rings. The van der Waals surface area contributed by atoms with Crippen LogP contribution < -0.4 is 5.73 Å². The number of anilines is 1. The van der Waals surface area contributed by atoms with Gasteiger partial charge in [-0.1, -0.05) is 36.4 Å². The number of tetrazole rings is 1. The maximum atomic E-state index is 6.39. The fourth-order valence-corrected chi connectivity index (χ4v) is 6.17. The highest BCUT2D eigenvalue weighted by atomic mass is 32.2. The third-order valence-corrected chi connectivity index (χ3v) is 7.66. The van der Waals surface area contributed by atoms with Crippen molar-refractivity contribution in [2.75, 3.05) is 5.73 Å². The molecule has 2 N–H and O–H groups in total. The first kappa shape index (κ1) is 19.4. The molecule has 9 heteroatoms. The van der Waals surface area contributed by atoms with Crippen LogP contribution in [0.4, 0.5) is 5.82 Å². The molecule has 0 saturated heterocycles. The molecule has 0 atom stereocenters. The second-order valence-corrected chi connectivity index (χ2v) is 9.70. The second-order valence-electron chi connectivity index (χ2n) is 7.67. The summed E-state index contributed by atoms with van der Waals surface area (Å²) in [5.41, 5.74) is 11.0. The summed E-state index contributed by atoms with van der Waals surface area (Å²) in [6, 6.07) is 6.17. The van der Waals surface area contributed by atoms with Crippen molar-refractivity contribution in [1.29, 1.82) is 0 Å². The van der Waals surface area contributed by atoms with E-state index < -0.39 is 0 Å². The molecule has 1 aliphatic rings. The quantitative estimate of drug-likeness (QED) is 0.373. The summed E-state index contributed by atoms with van der Waals surface area (Å²) in [5, 5.41) is 14.1. The monoisotopic (exact) mass is 437 g/mol. The molecule has 1 aliphatic carbocycles. The fraction of sp³-hybridized carbons (Fsp3) is 0.381. The van der Waals surface area contributed by atoms with Gasteiger partial charge in [0.15, 0.2) is 0 Å². The van der Waals surface area contributed by atoms with Crippen molar-refractivity contribution in [3.63, 3.8) is 0 Å². The van der Waals surface area contributed by atoms with Gasteiger partial charge in [0.05, 0.1) is 16.8 Å². The number of nitrogens with two attached hydrogens (primary N) is 1. The molecular weight excluding hydrogens is 414 g/mol. The lowest BCUT2D eigenvalue weighted by molar-refractivity contribution is 0.713. The third-order valence-electron chi connectivity index (χ3n) is 5.56. The average molecular weight is 438 g/mol. The van der Waals surface area contributed by atoms with E-state index in [1.165, 1.54) is 41.5 Å². The Labute approximate surface area is 183 Å². The fourth-order valence-electron chi connectivity index (χ4n) is 4.15. The summed E-state index contributed by atoms with van der Waals surface area (Å²) < 4.78 is 1.80. The van der Waals surface area contributed by atoms with E-state index in [1.54, 1.807) is 16.0 Å². The number of aryl methyl sites for hydroxylation is 4. The van der Waals surface area contributed by atoms with Crippen LogP contribution in [0, 0.1) is 13.8 Å². The normalized spacial score (nSPS) is 14.1. The van der Waals surface area contributed by atoms with Gasteiger partial charge in [-0.2, -0.15) is 4.68 Å². The minimum absolute atomic E-state index is 0.564. The minimum atomic E-state index is 0.564.